The summed E-state index contributed by atoms with van der Waals surface area (Å²) in [6.45, 7) is 1.74. The molecule has 0 saturated carbocycles. The average molecular weight is 273 g/mol. The molecule has 0 fully saturated rings. The summed E-state index contributed by atoms with van der Waals surface area (Å²) in [5, 5.41) is 7.77. The van der Waals surface area contributed by atoms with Gasteiger partial charge in [0.05, 0.1) is 5.56 Å². The first-order valence-electron chi connectivity index (χ1n) is 5.87. The highest BCUT2D eigenvalue weighted by atomic mass is 19.1. The normalized spacial score (nSPS) is 10.9. The lowest BCUT2D eigenvalue weighted by atomic mass is 10.0. The molecule has 3 aromatic rings. The topological polar surface area (TPSA) is 47.3 Å². The van der Waals surface area contributed by atoms with Crippen LogP contribution in [0.2, 0.25) is 0 Å². The number of carbonyl (C=O) groups is 1. The summed E-state index contributed by atoms with van der Waals surface area (Å²) in [4.78, 5) is 12.2. The molecule has 0 unspecified atom stereocenters. The zero-order valence-corrected chi connectivity index (χ0v) is 10.5. The van der Waals surface area contributed by atoms with E-state index < -0.39 is 17.4 Å². The molecular formula is C14H9F2N3O. The minimum absolute atomic E-state index is 0.170. The number of halogens is 2. The summed E-state index contributed by atoms with van der Waals surface area (Å²) >= 11 is 0. The fraction of sp³-hybridized carbons (Fsp3) is 0.0714. The molecule has 20 heavy (non-hydrogen) atoms. The zero-order valence-electron chi connectivity index (χ0n) is 10.5. The minimum Gasteiger partial charge on any atom is -0.288 e. The molecule has 1 aromatic carbocycles. The van der Waals surface area contributed by atoms with Gasteiger partial charge in [0, 0.05) is 17.8 Å². The number of ketones is 1. The third kappa shape index (κ3) is 1.95. The maximum absolute atomic E-state index is 13.6. The summed E-state index contributed by atoms with van der Waals surface area (Å²) in [6, 6.07) is 6.04. The maximum atomic E-state index is 13.6. The average Bonchev–Trinajstić information content (AvgIpc) is 2.79. The molecule has 0 aliphatic rings. The number of benzene rings is 1. The number of rotatable bonds is 2. The molecule has 0 aliphatic heterocycles. The van der Waals surface area contributed by atoms with Crippen LogP contribution in [0.3, 0.4) is 0 Å². The van der Waals surface area contributed by atoms with Gasteiger partial charge in [0.2, 0.25) is 0 Å². The van der Waals surface area contributed by atoms with Gasteiger partial charge in [-0.05, 0) is 31.2 Å². The third-order valence-electron chi connectivity index (χ3n) is 3.01. The number of aryl methyl sites for hydroxylation is 1. The lowest BCUT2D eigenvalue weighted by molar-refractivity contribution is 0.103. The van der Waals surface area contributed by atoms with Gasteiger partial charge >= 0.3 is 0 Å². The number of nitrogens with zero attached hydrogens (tertiary/aromatic N) is 3. The third-order valence-corrected chi connectivity index (χ3v) is 3.01. The smallest absolute Gasteiger partial charge is 0.197 e. The largest absolute Gasteiger partial charge is 0.288 e. The Balaban J connectivity index is 2.09. The van der Waals surface area contributed by atoms with Gasteiger partial charge in [0.25, 0.3) is 0 Å². The standard InChI is InChI=1S/C14H9F2N3O/c1-8-17-18-13-5-2-9(7-19(8)13)14(20)11-4-3-10(15)6-12(11)16/h2-7H,1H3. The van der Waals surface area contributed by atoms with Crippen molar-refractivity contribution in [3.05, 3.63) is 65.1 Å². The van der Waals surface area contributed by atoms with Crippen molar-refractivity contribution in [2.45, 2.75) is 6.92 Å². The van der Waals surface area contributed by atoms with Gasteiger partial charge in [-0.3, -0.25) is 9.20 Å². The highest BCUT2D eigenvalue weighted by Gasteiger charge is 2.15. The summed E-state index contributed by atoms with van der Waals surface area (Å²) in [7, 11) is 0. The Bertz CT molecular complexity index is 826. The van der Waals surface area contributed by atoms with E-state index in [0.717, 1.165) is 12.1 Å². The molecule has 0 aliphatic carbocycles. The Morgan fingerprint density at radius 1 is 1.15 bits per heavy atom. The van der Waals surface area contributed by atoms with Gasteiger partial charge in [-0.1, -0.05) is 0 Å². The quantitative estimate of drug-likeness (QED) is 0.674. The van der Waals surface area contributed by atoms with Crippen LogP contribution >= 0.6 is 0 Å². The van der Waals surface area contributed by atoms with E-state index in [1.165, 1.54) is 12.3 Å². The zero-order chi connectivity index (χ0) is 14.3. The molecule has 100 valence electrons. The van der Waals surface area contributed by atoms with Crippen molar-refractivity contribution in [3.63, 3.8) is 0 Å². The van der Waals surface area contributed by atoms with Crippen molar-refractivity contribution in [1.82, 2.24) is 14.6 Å². The fourth-order valence-electron chi connectivity index (χ4n) is 1.97. The Morgan fingerprint density at radius 2 is 1.95 bits per heavy atom. The SMILES string of the molecule is Cc1nnc2ccc(C(=O)c3ccc(F)cc3F)cn12. The van der Waals surface area contributed by atoms with E-state index in [4.69, 9.17) is 0 Å². The van der Waals surface area contributed by atoms with E-state index in [1.807, 2.05) is 0 Å². The van der Waals surface area contributed by atoms with Gasteiger partial charge in [-0.25, -0.2) is 8.78 Å². The van der Waals surface area contributed by atoms with E-state index in [9.17, 15) is 13.6 Å². The Labute approximate surface area is 112 Å². The van der Waals surface area contributed by atoms with Crippen LogP contribution in [-0.2, 0) is 0 Å². The van der Waals surface area contributed by atoms with Gasteiger partial charge in [-0.2, -0.15) is 0 Å². The number of fused-ring (bicyclic) bond motifs is 1. The van der Waals surface area contributed by atoms with Crippen LogP contribution < -0.4 is 0 Å². The van der Waals surface area contributed by atoms with Crippen molar-refractivity contribution >= 4 is 11.4 Å². The molecule has 2 aromatic heterocycles. The van der Waals surface area contributed by atoms with E-state index in [-0.39, 0.29) is 11.1 Å². The van der Waals surface area contributed by atoms with Gasteiger partial charge in [0.1, 0.15) is 17.5 Å². The van der Waals surface area contributed by atoms with Gasteiger partial charge in [-0.15, -0.1) is 10.2 Å². The van der Waals surface area contributed by atoms with Crippen LogP contribution in [0.5, 0.6) is 0 Å². The van der Waals surface area contributed by atoms with Crippen molar-refractivity contribution in [2.24, 2.45) is 0 Å². The number of hydrogen-bond acceptors (Lipinski definition) is 3. The lowest BCUT2D eigenvalue weighted by Gasteiger charge is -2.04. The fourth-order valence-corrected chi connectivity index (χ4v) is 1.97. The van der Waals surface area contributed by atoms with Crippen LogP contribution in [0.4, 0.5) is 8.78 Å². The molecule has 0 bridgehead atoms. The first-order chi connectivity index (χ1) is 9.56. The van der Waals surface area contributed by atoms with E-state index in [0.29, 0.717) is 17.5 Å². The molecular weight excluding hydrogens is 264 g/mol. The maximum Gasteiger partial charge on any atom is 0.197 e. The van der Waals surface area contributed by atoms with Crippen LogP contribution in [0.1, 0.15) is 21.7 Å². The molecule has 0 radical (unpaired) electrons. The Hall–Kier alpha value is -2.63. The van der Waals surface area contributed by atoms with Crippen LogP contribution in [0.25, 0.3) is 5.65 Å². The number of hydrogen-bond donors (Lipinski definition) is 0. The summed E-state index contributed by atoms with van der Waals surface area (Å²) in [6.07, 6.45) is 1.54. The first kappa shape index (κ1) is 12.4. The molecule has 0 amide bonds. The molecule has 0 N–H and O–H groups in total. The number of aromatic nitrogens is 3. The minimum atomic E-state index is -0.879. The van der Waals surface area contributed by atoms with Gasteiger partial charge in [0.15, 0.2) is 11.4 Å². The molecule has 4 nitrogen and oxygen atoms in total. The molecule has 6 heteroatoms. The summed E-state index contributed by atoms with van der Waals surface area (Å²) < 4.78 is 28.1. The van der Waals surface area contributed by atoms with Crippen LogP contribution in [0, 0.1) is 18.6 Å². The predicted molar refractivity (Wildman–Crippen MR) is 67.5 cm³/mol. The Morgan fingerprint density at radius 3 is 2.70 bits per heavy atom. The number of carbonyl (C=O) groups excluding carboxylic acids is 1. The summed E-state index contributed by atoms with van der Waals surface area (Å²) in [5.41, 5.74) is 0.709. The highest BCUT2D eigenvalue weighted by Crippen LogP contribution is 2.16. The second-order valence-corrected chi connectivity index (χ2v) is 4.35. The van der Waals surface area contributed by atoms with Crippen molar-refractivity contribution in [1.29, 1.82) is 0 Å². The molecule has 0 spiro atoms. The monoisotopic (exact) mass is 273 g/mol. The highest BCUT2D eigenvalue weighted by molar-refractivity contribution is 6.09. The van der Waals surface area contributed by atoms with E-state index >= 15 is 0 Å². The van der Waals surface area contributed by atoms with Crippen molar-refractivity contribution < 1.29 is 13.6 Å². The van der Waals surface area contributed by atoms with Crippen molar-refractivity contribution in [3.8, 4) is 0 Å². The molecule has 3 rings (SSSR count). The molecule has 2 heterocycles. The van der Waals surface area contributed by atoms with Gasteiger partial charge < -0.3 is 0 Å². The van der Waals surface area contributed by atoms with Crippen LogP contribution in [0.15, 0.2) is 36.5 Å². The second-order valence-electron chi connectivity index (χ2n) is 4.35. The van der Waals surface area contributed by atoms with E-state index in [2.05, 4.69) is 10.2 Å². The van der Waals surface area contributed by atoms with Crippen LogP contribution in [-0.4, -0.2) is 20.4 Å². The predicted octanol–water partition coefficient (Wildman–Crippen LogP) is 2.55. The number of pyridine rings is 1. The van der Waals surface area contributed by atoms with E-state index in [1.54, 1.807) is 17.4 Å². The first-order valence-corrected chi connectivity index (χ1v) is 5.87. The lowest BCUT2D eigenvalue weighted by Crippen LogP contribution is -2.06. The van der Waals surface area contributed by atoms with Crippen molar-refractivity contribution in [2.75, 3.05) is 0 Å². The molecule has 0 atom stereocenters. The Kier molecular flexibility index (Phi) is 2.78. The molecule has 0 saturated heterocycles. The summed E-state index contributed by atoms with van der Waals surface area (Å²) in [5.74, 6) is -1.49. The second kappa shape index (κ2) is 4.48.